The van der Waals surface area contributed by atoms with Crippen LogP contribution in [-0.2, 0) is 15.0 Å². The minimum atomic E-state index is -0.688. The van der Waals surface area contributed by atoms with Crippen molar-refractivity contribution < 1.29 is 18.6 Å². The molecular weight excluding hydrogens is 371 g/mol. The highest BCUT2D eigenvalue weighted by Crippen LogP contribution is 2.58. The van der Waals surface area contributed by atoms with Crippen molar-refractivity contribution in [2.24, 2.45) is 22.1 Å². The number of aliphatic imine (C=N–C) groups is 1. The van der Waals surface area contributed by atoms with Crippen molar-refractivity contribution in [1.82, 2.24) is 0 Å². The number of nitrogens with two attached hydrogens (primary N) is 1. The summed E-state index contributed by atoms with van der Waals surface area (Å²) in [7, 11) is 0. The molecule has 0 bridgehead atoms. The van der Waals surface area contributed by atoms with Crippen LogP contribution >= 0.6 is 0 Å². The molecule has 0 radical (unpaired) electrons. The van der Waals surface area contributed by atoms with Gasteiger partial charge in [0, 0.05) is 17.1 Å². The van der Waals surface area contributed by atoms with Crippen LogP contribution in [-0.4, -0.2) is 31.9 Å². The lowest BCUT2D eigenvalue weighted by atomic mass is 9.60. The van der Waals surface area contributed by atoms with Gasteiger partial charge < -0.3 is 19.9 Å². The van der Waals surface area contributed by atoms with Crippen molar-refractivity contribution >= 4 is 11.6 Å². The van der Waals surface area contributed by atoms with Crippen molar-refractivity contribution in [2.45, 2.75) is 31.9 Å². The summed E-state index contributed by atoms with van der Waals surface area (Å²) in [5.41, 5.74) is 7.20. The Morgan fingerprint density at radius 2 is 2.00 bits per heavy atom. The zero-order valence-electron chi connectivity index (χ0n) is 16.7. The summed E-state index contributed by atoms with van der Waals surface area (Å²) in [6, 6.07) is 5.99. The maximum Gasteiger partial charge on any atom is 0.283 e. The third-order valence-electron chi connectivity index (χ3n) is 6.78. The Hall–Kier alpha value is -2.60. The molecule has 1 aliphatic carbocycles. The van der Waals surface area contributed by atoms with Gasteiger partial charge in [-0.1, -0.05) is 37.3 Å². The fourth-order valence-electron chi connectivity index (χ4n) is 4.85. The largest absolute Gasteiger partial charge is 0.489 e. The molecule has 3 aliphatic heterocycles. The SMILES string of the molecule is CC1C/C=C/C=C\C(c2ccc3c(c2)[C@@]2(COC(N)=N2)C2(COC2)[C@@H](C)O3)=C/1F. The van der Waals surface area contributed by atoms with E-state index in [9.17, 15) is 0 Å². The van der Waals surface area contributed by atoms with Gasteiger partial charge in [0.1, 0.15) is 29.8 Å². The number of hydrogen-bond donors (Lipinski definition) is 1. The Morgan fingerprint density at radius 1 is 1.17 bits per heavy atom. The summed E-state index contributed by atoms with van der Waals surface area (Å²) in [6.07, 6.45) is 8.23. The lowest BCUT2D eigenvalue weighted by Crippen LogP contribution is -2.66. The Kier molecular flexibility index (Phi) is 4.10. The van der Waals surface area contributed by atoms with Crippen LogP contribution in [0.25, 0.3) is 5.57 Å². The first-order valence-electron chi connectivity index (χ1n) is 10.1. The van der Waals surface area contributed by atoms with Gasteiger partial charge >= 0.3 is 0 Å². The molecule has 0 saturated carbocycles. The first-order valence-corrected chi connectivity index (χ1v) is 10.1. The van der Waals surface area contributed by atoms with Gasteiger partial charge in [0.2, 0.25) is 0 Å². The minimum absolute atomic E-state index is 0.102. The third-order valence-corrected chi connectivity index (χ3v) is 6.78. The molecule has 1 aromatic rings. The predicted octanol–water partition coefficient (Wildman–Crippen LogP) is 3.86. The molecule has 1 saturated heterocycles. The molecule has 1 unspecified atom stereocenters. The highest BCUT2D eigenvalue weighted by Gasteiger charge is 2.66. The van der Waals surface area contributed by atoms with E-state index in [1.165, 1.54) is 0 Å². The van der Waals surface area contributed by atoms with E-state index in [0.717, 1.165) is 16.9 Å². The number of benzene rings is 1. The molecule has 3 atom stereocenters. The molecule has 0 aromatic heterocycles. The number of ether oxygens (including phenoxy) is 3. The van der Waals surface area contributed by atoms with Crippen LogP contribution in [0.3, 0.4) is 0 Å². The maximum absolute atomic E-state index is 15.2. The molecule has 2 N–H and O–H groups in total. The Bertz CT molecular complexity index is 976. The fraction of sp³-hybridized carbons (Fsp3) is 0.435. The summed E-state index contributed by atoms with van der Waals surface area (Å²) < 4.78 is 32.7. The van der Waals surface area contributed by atoms with Gasteiger partial charge in [0.25, 0.3) is 6.02 Å². The van der Waals surface area contributed by atoms with Crippen molar-refractivity contribution in [3.63, 3.8) is 0 Å². The van der Waals surface area contributed by atoms with Gasteiger partial charge in [-0.05, 0) is 31.0 Å². The second-order valence-corrected chi connectivity index (χ2v) is 8.40. The van der Waals surface area contributed by atoms with Crippen molar-refractivity contribution in [3.05, 3.63) is 59.5 Å². The second kappa shape index (κ2) is 6.46. The van der Waals surface area contributed by atoms with Crippen molar-refractivity contribution in [3.8, 4) is 5.75 Å². The van der Waals surface area contributed by atoms with Gasteiger partial charge in [-0.3, -0.25) is 0 Å². The van der Waals surface area contributed by atoms with Gasteiger partial charge in [0.05, 0.1) is 18.6 Å². The van der Waals surface area contributed by atoms with E-state index in [0.29, 0.717) is 31.8 Å². The summed E-state index contributed by atoms with van der Waals surface area (Å²) in [5, 5.41) is 0. The predicted molar refractivity (Wildman–Crippen MR) is 109 cm³/mol. The topological polar surface area (TPSA) is 66.1 Å². The average molecular weight is 396 g/mol. The number of halogens is 1. The van der Waals surface area contributed by atoms with E-state index < -0.39 is 5.54 Å². The molecule has 4 aliphatic rings. The van der Waals surface area contributed by atoms with Crippen molar-refractivity contribution in [1.29, 1.82) is 0 Å². The first-order chi connectivity index (χ1) is 14.0. The summed E-state index contributed by atoms with van der Waals surface area (Å²) in [4.78, 5) is 4.77. The lowest BCUT2D eigenvalue weighted by Gasteiger charge is -2.56. The fourth-order valence-corrected chi connectivity index (χ4v) is 4.85. The molecular formula is C23H25FN2O3. The van der Waals surface area contributed by atoms with E-state index in [1.54, 1.807) is 0 Å². The molecule has 1 aromatic carbocycles. The van der Waals surface area contributed by atoms with Crippen molar-refractivity contribution in [2.75, 3.05) is 19.8 Å². The number of amidine groups is 1. The number of hydrogen-bond acceptors (Lipinski definition) is 5. The first kappa shape index (κ1) is 18.4. The van der Waals surface area contributed by atoms with Gasteiger partial charge in [-0.15, -0.1) is 0 Å². The standard InChI is InChI=1S/C23H25FN2O3/c1-14-6-4-3-5-7-17(20(14)24)16-8-9-19-18(10-16)23(13-28-21(25)26-23)22(11-27-12-22)15(2)29-19/h3-5,7-10,14-15H,6,11-13H2,1-2H3,(H2,25,26)/b4-3+,7-5-,20-17-/t14?,15-,23+/m1/s1. The average Bonchev–Trinajstić information content (AvgIpc) is 3.04. The molecule has 29 heavy (non-hydrogen) atoms. The normalized spacial score (nSPS) is 36.9. The second-order valence-electron chi connectivity index (χ2n) is 8.40. The molecule has 6 heteroatoms. The molecule has 1 fully saturated rings. The smallest absolute Gasteiger partial charge is 0.283 e. The van der Waals surface area contributed by atoms with Crippen LogP contribution in [0.15, 0.2) is 53.3 Å². The highest BCUT2D eigenvalue weighted by molar-refractivity contribution is 5.79. The van der Waals surface area contributed by atoms with E-state index in [4.69, 9.17) is 24.9 Å². The van der Waals surface area contributed by atoms with Gasteiger partial charge in [-0.25, -0.2) is 9.38 Å². The number of fused-ring (bicyclic) bond motifs is 3. The summed E-state index contributed by atoms with van der Waals surface area (Å²) in [5.74, 6) is 0.448. The Labute approximate surface area is 169 Å². The Balaban J connectivity index is 1.69. The summed E-state index contributed by atoms with van der Waals surface area (Å²) >= 11 is 0. The zero-order valence-corrected chi connectivity index (χ0v) is 16.7. The van der Waals surface area contributed by atoms with Crippen LogP contribution in [0.2, 0.25) is 0 Å². The molecule has 5 nitrogen and oxygen atoms in total. The third kappa shape index (κ3) is 2.51. The van der Waals surface area contributed by atoms with Crippen LogP contribution < -0.4 is 10.5 Å². The van der Waals surface area contributed by atoms with Crippen LogP contribution in [0.1, 0.15) is 31.4 Å². The van der Waals surface area contributed by atoms with E-state index in [-0.39, 0.29) is 29.3 Å². The number of allylic oxidation sites excluding steroid dienone is 6. The van der Waals surface area contributed by atoms with Crippen LogP contribution in [0.4, 0.5) is 4.39 Å². The molecule has 152 valence electrons. The zero-order chi connectivity index (χ0) is 20.2. The Morgan fingerprint density at radius 3 is 2.69 bits per heavy atom. The van der Waals surface area contributed by atoms with Crippen LogP contribution in [0, 0.1) is 11.3 Å². The minimum Gasteiger partial charge on any atom is -0.489 e. The summed E-state index contributed by atoms with van der Waals surface area (Å²) in [6.45, 7) is 5.33. The monoisotopic (exact) mass is 396 g/mol. The van der Waals surface area contributed by atoms with E-state index in [1.807, 2.05) is 56.4 Å². The maximum atomic E-state index is 15.2. The molecule has 3 heterocycles. The van der Waals surface area contributed by atoms with E-state index >= 15 is 4.39 Å². The van der Waals surface area contributed by atoms with Crippen LogP contribution in [0.5, 0.6) is 5.75 Å². The molecule has 2 spiro atoms. The number of rotatable bonds is 1. The van der Waals surface area contributed by atoms with Gasteiger partial charge in [-0.2, -0.15) is 0 Å². The van der Waals surface area contributed by atoms with E-state index in [2.05, 4.69) is 0 Å². The molecule has 5 rings (SSSR count). The van der Waals surface area contributed by atoms with Gasteiger partial charge in [0.15, 0.2) is 0 Å². The quantitative estimate of drug-likeness (QED) is 0.783. The highest BCUT2D eigenvalue weighted by atomic mass is 19.1. The molecule has 0 amide bonds. The number of nitrogens with zero attached hydrogens (tertiary/aromatic N) is 1. The lowest BCUT2D eigenvalue weighted by molar-refractivity contribution is -0.211.